The minimum Gasteiger partial charge on any atom is -0.325 e. The number of amides is 1. The molecule has 1 heterocycles. The first-order valence-electron chi connectivity index (χ1n) is 7.14. The van der Waals surface area contributed by atoms with E-state index < -0.39 is 0 Å². The van der Waals surface area contributed by atoms with Gasteiger partial charge in [0.25, 0.3) is 0 Å². The molecule has 0 aliphatic heterocycles. The van der Waals surface area contributed by atoms with Crippen molar-refractivity contribution in [2.75, 3.05) is 11.1 Å². The summed E-state index contributed by atoms with van der Waals surface area (Å²) < 4.78 is 0. The second-order valence-corrected chi connectivity index (χ2v) is 6.21. The van der Waals surface area contributed by atoms with Crippen LogP contribution in [0.2, 0.25) is 5.02 Å². The first-order chi connectivity index (χ1) is 11.7. The Morgan fingerprint density at radius 2 is 1.79 bits per heavy atom. The van der Waals surface area contributed by atoms with Gasteiger partial charge in [-0.3, -0.25) is 4.79 Å². The van der Waals surface area contributed by atoms with Crippen LogP contribution in [0.5, 0.6) is 0 Å². The number of hydrogen-bond donors (Lipinski definition) is 1. The summed E-state index contributed by atoms with van der Waals surface area (Å²) in [5.74, 6) is 0.0627. The summed E-state index contributed by atoms with van der Waals surface area (Å²) in [6.45, 7) is 0. The van der Waals surface area contributed by atoms with Gasteiger partial charge in [-0.1, -0.05) is 53.7 Å². The molecule has 0 fully saturated rings. The van der Waals surface area contributed by atoms with Crippen LogP contribution in [-0.2, 0) is 4.79 Å². The van der Waals surface area contributed by atoms with Gasteiger partial charge in [0, 0.05) is 16.3 Å². The molecule has 5 nitrogen and oxygen atoms in total. The molecule has 0 saturated heterocycles. The molecule has 0 atom stereocenters. The Kier molecular flexibility index (Phi) is 5.40. The molecule has 24 heavy (non-hydrogen) atoms. The van der Waals surface area contributed by atoms with E-state index in [0.29, 0.717) is 21.6 Å². The molecule has 2 aromatic carbocycles. The molecule has 0 radical (unpaired) electrons. The first kappa shape index (κ1) is 16.4. The third-order valence-electron chi connectivity index (χ3n) is 3.07. The van der Waals surface area contributed by atoms with E-state index in [1.807, 2.05) is 30.3 Å². The Bertz CT molecular complexity index is 810. The zero-order chi connectivity index (χ0) is 16.8. The second kappa shape index (κ2) is 7.90. The number of aromatic nitrogens is 3. The second-order valence-electron chi connectivity index (χ2n) is 4.84. The van der Waals surface area contributed by atoms with Gasteiger partial charge in [-0.15, -0.1) is 10.2 Å². The van der Waals surface area contributed by atoms with Gasteiger partial charge in [0.15, 0.2) is 0 Å². The number of carbonyl (C=O) groups excluding carboxylic acids is 1. The lowest BCUT2D eigenvalue weighted by atomic mass is 10.2. The number of benzene rings is 2. The Labute approximate surface area is 148 Å². The van der Waals surface area contributed by atoms with Gasteiger partial charge in [0.1, 0.15) is 5.69 Å². The van der Waals surface area contributed by atoms with Crippen LogP contribution in [0.1, 0.15) is 0 Å². The monoisotopic (exact) mass is 356 g/mol. The largest absolute Gasteiger partial charge is 0.325 e. The van der Waals surface area contributed by atoms with Crippen molar-refractivity contribution in [2.45, 2.75) is 5.16 Å². The van der Waals surface area contributed by atoms with Gasteiger partial charge in [-0.25, -0.2) is 4.98 Å². The molecule has 0 aliphatic rings. The smallest absolute Gasteiger partial charge is 0.234 e. The zero-order valence-electron chi connectivity index (χ0n) is 12.5. The van der Waals surface area contributed by atoms with E-state index in [1.54, 1.807) is 30.5 Å². The van der Waals surface area contributed by atoms with Gasteiger partial charge in [-0.2, -0.15) is 0 Å². The molecule has 3 rings (SSSR count). The highest BCUT2D eigenvalue weighted by molar-refractivity contribution is 7.99. The van der Waals surface area contributed by atoms with Crippen LogP contribution in [-0.4, -0.2) is 26.8 Å². The van der Waals surface area contributed by atoms with Crippen molar-refractivity contribution in [3.63, 3.8) is 0 Å². The quantitative estimate of drug-likeness (QED) is 0.702. The number of anilines is 1. The fourth-order valence-corrected chi connectivity index (χ4v) is 2.62. The van der Waals surface area contributed by atoms with Crippen LogP contribution in [0.15, 0.2) is 66.0 Å². The number of hydrogen-bond acceptors (Lipinski definition) is 5. The maximum atomic E-state index is 11.9. The van der Waals surface area contributed by atoms with Gasteiger partial charge in [0.2, 0.25) is 11.1 Å². The molecule has 1 amide bonds. The molecule has 0 bridgehead atoms. The Balaban J connectivity index is 1.54. The Hall–Kier alpha value is -2.44. The molecule has 0 saturated carbocycles. The summed E-state index contributed by atoms with van der Waals surface area (Å²) in [4.78, 5) is 16.2. The molecule has 1 N–H and O–H groups in total. The fraction of sp³-hybridized carbons (Fsp3) is 0.0588. The summed E-state index contributed by atoms with van der Waals surface area (Å²) in [7, 11) is 0. The maximum Gasteiger partial charge on any atom is 0.234 e. The van der Waals surface area contributed by atoms with Crippen molar-refractivity contribution in [3.05, 3.63) is 65.8 Å². The molecule has 0 aliphatic carbocycles. The standard InChI is InChI=1S/C17H13ClN4OS/c18-13-6-8-14(9-7-13)20-16(23)11-24-17-19-10-15(21-22-17)12-4-2-1-3-5-12/h1-10H,11H2,(H,20,23). The summed E-state index contributed by atoms with van der Waals surface area (Å²) in [6, 6.07) is 16.6. The predicted octanol–water partition coefficient (Wildman–Crippen LogP) is 3.92. The average Bonchev–Trinajstić information content (AvgIpc) is 2.63. The highest BCUT2D eigenvalue weighted by atomic mass is 35.5. The Morgan fingerprint density at radius 3 is 2.46 bits per heavy atom. The normalized spacial score (nSPS) is 10.4. The van der Waals surface area contributed by atoms with Crippen LogP contribution < -0.4 is 5.32 Å². The third-order valence-corrected chi connectivity index (χ3v) is 4.17. The lowest BCUT2D eigenvalue weighted by Crippen LogP contribution is -2.14. The van der Waals surface area contributed by atoms with E-state index in [4.69, 9.17) is 11.6 Å². The lowest BCUT2D eigenvalue weighted by molar-refractivity contribution is -0.113. The molecular weight excluding hydrogens is 344 g/mol. The van der Waals surface area contributed by atoms with Crippen molar-refractivity contribution < 1.29 is 4.79 Å². The van der Waals surface area contributed by atoms with Crippen LogP contribution in [0, 0.1) is 0 Å². The first-order valence-corrected chi connectivity index (χ1v) is 8.50. The van der Waals surface area contributed by atoms with E-state index in [9.17, 15) is 4.79 Å². The number of thioether (sulfide) groups is 1. The van der Waals surface area contributed by atoms with E-state index in [-0.39, 0.29) is 11.7 Å². The molecule has 120 valence electrons. The third kappa shape index (κ3) is 4.53. The van der Waals surface area contributed by atoms with Gasteiger partial charge >= 0.3 is 0 Å². The summed E-state index contributed by atoms with van der Waals surface area (Å²) in [6.07, 6.45) is 1.65. The van der Waals surface area contributed by atoms with Crippen molar-refractivity contribution in [3.8, 4) is 11.3 Å². The fourth-order valence-electron chi connectivity index (χ4n) is 1.93. The topological polar surface area (TPSA) is 67.8 Å². The summed E-state index contributed by atoms with van der Waals surface area (Å²) >= 11 is 7.04. The van der Waals surface area contributed by atoms with Gasteiger partial charge < -0.3 is 5.32 Å². The van der Waals surface area contributed by atoms with Gasteiger partial charge in [0.05, 0.1) is 11.9 Å². The minimum absolute atomic E-state index is 0.141. The van der Waals surface area contributed by atoms with E-state index in [1.165, 1.54) is 11.8 Å². The molecular formula is C17H13ClN4OS. The molecule has 0 spiro atoms. The SMILES string of the molecule is O=C(CSc1ncc(-c2ccccc2)nn1)Nc1ccc(Cl)cc1. The summed E-state index contributed by atoms with van der Waals surface area (Å²) in [5, 5.41) is 12.1. The van der Waals surface area contributed by atoms with Crippen molar-refractivity contribution in [2.24, 2.45) is 0 Å². The van der Waals surface area contributed by atoms with Crippen LogP contribution in [0.4, 0.5) is 5.69 Å². The number of nitrogens with zero attached hydrogens (tertiary/aromatic N) is 3. The van der Waals surface area contributed by atoms with Crippen molar-refractivity contribution in [1.82, 2.24) is 15.2 Å². The van der Waals surface area contributed by atoms with Crippen LogP contribution in [0.25, 0.3) is 11.3 Å². The van der Waals surface area contributed by atoms with E-state index >= 15 is 0 Å². The van der Waals surface area contributed by atoms with Gasteiger partial charge in [-0.05, 0) is 24.3 Å². The number of rotatable bonds is 5. The average molecular weight is 357 g/mol. The van der Waals surface area contributed by atoms with E-state index in [0.717, 1.165) is 5.56 Å². The molecule has 1 aromatic heterocycles. The number of halogens is 1. The van der Waals surface area contributed by atoms with Crippen molar-refractivity contribution in [1.29, 1.82) is 0 Å². The van der Waals surface area contributed by atoms with Crippen LogP contribution >= 0.6 is 23.4 Å². The number of nitrogens with one attached hydrogen (secondary N) is 1. The summed E-state index contributed by atoms with van der Waals surface area (Å²) in [5.41, 5.74) is 2.35. The molecule has 3 aromatic rings. The zero-order valence-corrected chi connectivity index (χ0v) is 14.1. The lowest BCUT2D eigenvalue weighted by Gasteiger charge is -2.04. The highest BCUT2D eigenvalue weighted by Crippen LogP contribution is 2.18. The van der Waals surface area contributed by atoms with Crippen LogP contribution in [0.3, 0.4) is 0 Å². The minimum atomic E-state index is -0.141. The Morgan fingerprint density at radius 1 is 1.04 bits per heavy atom. The van der Waals surface area contributed by atoms with Crippen molar-refractivity contribution >= 4 is 35.0 Å². The molecule has 7 heteroatoms. The van der Waals surface area contributed by atoms with E-state index in [2.05, 4.69) is 20.5 Å². The predicted molar refractivity (Wildman–Crippen MR) is 96.1 cm³/mol. The highest BCUT2D eigenvalue weighted by Gasteiger charge is 2.07. The molecule has 0 unspecified atom stereocenters. The number of carbonyl (C=O) groups is 1. The maximum absolute atomic E-state index is 11.9.